The molecule has 0 amide bonds. The van der Waals surface area contributed by atoms with Gasteiger partial charge in [-0.1, -0.05) is 29.8 Å². The zero-order valence-electron chi connectivity index (χ0n) is 12.5. The number of aryl methyl sites for hydroxylation is 2. The van der Waals surface area contributed by atoms with Crippen molar-refractivity contribution in [1.82, 2.24) is 3.97 Å². The van der Waals surface area contributed by atoms with E-state index in [0.29, 0.717) is 10.2 Å². The van der Waals surface area contributed by atoms with Crippen LogP contribution in [0.15, 0.2) is 41.3 Å². The van der Waals surface area contributed by atoms with Gasteiger partial charge in [0.05, 0.1) is 11.6 Å². The van der Waals surface area contributed by atoms with Gasteiger partial charge in [-0.25, -0.2) is 12.4 Å². The zero-order chi connectivity index (χ0) is 16.1. The molecule has 3 aromatic rings. The van der Waals surface area contributed by atoms with Crippen molar-refractivity contribution >= 4 is 31.6 Å². The Morgan fingerprint density at radius 2 is 1.68 bits per heavy atom. The first kappa shape index (κ1) is 15.0. The van der Waals surface area contributed by atoms with Crippen LogP contribution in [0.3, 0.4) is 0 Å². The minimum atomic E-state index is -3.45. The maximum Gasteiger partial charge on any atom is 0.236 e. The third-order valence-corrected chi connectivity index (χ3v) is 6.08. The molecule has 2 aromatic heterocycles. The quantitative estimate of drug-likeness (QED) is 0.724. The van der Waals surface area contributed by atoms with E-state index in [-0.39, 0.29) is 5.43 Å². The summed E-state index contributed by atoms with van der Waals surface area (Å²) < 4.78 is 25.0. The molecule has 0 N–H and O–H groups in total. The van der Waals surface area contributed by atoms with Crippen LogP contribution in [0.25, 0.3) is 20.7 Å². The molecule has 0 fully saturated rings. The summed E-state index contributed by atoms with van der Waals surface area (Å²) in [5.41, 5.74) is 2.82. The van der Waals surface area contributed by atoms with Crippen LogP contribution in [0.2, 0.25) is 0 Å². The molecule has 0 bridgehead atoms. The first-order chi connectivity index (χ1) is 10.3. The highest BCUT2D eigenvalue weighted by atomic mass is 32.2. The van der Waals surface area contributed by atoms with Gasteiger partial charge in [0.2, 0.25) is 10.0 Å². The van der Waals surface area contributed by atoms with Gasteiger partial charge in [0.1, 0.15) is 4.83 Å². The molecule has 1 aromatic carbocycles. The largest absolute Gasteiger partial charge is 0.289 e. The lowest BCUT2D eigenvalue weighted by molar-refractivity contribution is 0.595. The molecule has 0 aliphatic rings. The maximum atomic E-state index is 12.2. The SMILES string of the molecule is Cc1ccc(-c2sc3c(c2C)c(=O)ccn3S(C)(=O)=O)cc1. The van der Waals surface area contributed by atoms with Gasteiger partial charge in [-0.2, -0.15) is 0 Å². The van der Waals surface area contributed by atoms with E-state index in [1.165, 1.54) is 27.6 Å². The average molecular weight is 333 g/mol. The fourth-order valence-corrected chi connectivity index (χ4v) is 4.87. The Bertz CT molecular complexity index is 1030. The highest BCUT2D eigenvalue weighted by Crippen LogP contribution is 2.36. The van der Waals surface area contributed by atoms with Crippen molar-refractivity contribution in [3.05, 3.63) is 57.9 Å². The minimum absolute atomic E-state index is 0.151. The van der Waals surface area contributed by atoms with E-state index in [4.69, 9.17) is 0 Å². The Balaban J connectivity index is 2.40. The van der Waals surface area contributed by atoms with Crippen LogP contribution >= 0.6 is 11.3 Å². The van der Waals surface area contributed by atoms with Gasteiger partial charge in [0.25, 0.3) is 0 Å². The van der Waals surface area contributed by atoms with Crippen LogP contribution in [-0.2, 0) is 10.0 Å². The molecular weight excluding hydrogens is 318 g/mol. The third-order valence-electron chi connectivity index (χ3n) is 3.61. The van der Waals surface area contributed by atoms with Crippen molar-refractivity contribution in [3.8, 4) is 10.4 Å². The molecule has 6 heteroatoms. The predicted octanol–water partition coefficient (Wildman–Crippen LogP) is 3.15. The summed E-state index contributed by atoms with van der Waals surface area (Å²) in [6.07, 6.45) is 2.46. The summed E-state index contributed by atoms with van der Waals surface area (Å²) in [5.74, 6) is 0. The Morgan fingerprint density at radius 3 is 2.27 bits per heavy atom. The minimum Gasteiger partial charge on any atom is -0.289 e. The molecule has 0 saturated carbocycles. The lowest BCUT2D eigenvalue weighted by Crippen LogP contribution is -2.13. The fraction of sp³-hybridized carbons (Fsp3) is 0.188. The highest BCUT2D eigenvalue weighted by molar-refractivity contribution is 7.89. The molecular formula is C16H15NO3S2. The Labute approximate surface area is 132 Å². The molecule has 2 heterocycles. The number of pyridine rings is 1. The molecule has 0 spiro atoms. The normalized spacial score (nSPS) is 12.0. The average Bonchev–Trinajstić information content (AvgIpc) is 2.77. The topological polar surface area (TPSA) is 56.1 Å². The summed E-state index contributed by atoms with van der Waals surface area (Å²) in [6, 6.07) is 9.29. The first-order valence-electron chi connectivity index (χ1n) is 6.71. The predicted molar refractivity (Wildman–Crippen MR) is 91.2 cm³/mol. The van der Waals surface area contributed by atoms with Crippen LogP contribution in [0.1, 0.15) is 11.1 Å². The zero-order valence-corrected chi connectivity index (χ0v) is 14.1. The van der Waals surface area contributed by atoms with Crippen molar-refractivity contribution in [2.75, 3.05) is 6.26 Å². The van der Waals surface area contributed by atoms with E-state index in [1.54, 1.807) is 0 Å². The third kappa shape index (κ3) is 2.38. The van der Waals surface area contributed by atoms with E-state index < -0.39 is 10.0 Å². The standard InChI is InChI=1S/C16H15NO3S2/c1-10-4-6-12(7-5-10)15-11(2)14-13(18)8-9-17(16(14)21-15)22(3,19)20/h4-9H,1-3H3. The van der Waals surface area contributed by atoms with E-state index in [1.807, 2.05) is 38.1 Å². The molecule has 3 rings (SSSR count). The Morgan fingerprint density at radius 1 is 1.05 bits per heavy atom. The summed E-state index contributed by atoms with van der Waals surface area (Å²) >= 11 is 1.33. The summed E-state index contributed by atoms with van der Waals surface area (Å²) in [7, 11) is -3.45. The number of aromatic nitrogens is 1. The van der Waals surface area contributed by atoms with Gasteiger partial charge in [-0.3, -0.25) is 4.79 Å². The van der Waals surface area contributed by atoms with Crippen LogP contribution < -0.4 is 5.43 Å². The summed E-state index contributed by atoms with van der Waals surface area (Å²) in [4.78, 5) is 13.6. The number of rotatable bonds is 2. The molecule has 0 aliphatic heterocycles. The summed E-state index contributed by atoms with van der Waals surface area (Å²) in [6.45, 7) is 3.87. The first-order valence-corrected chi connectivity index (χ1v) is 9.38. The second kappa shape index (κ2) is 5.07. The molecule has 22 heavy (non-hydrogen) atoms. The smallest absolute Gasteiger partial charge is 0.236 e. The number of benzene rings is 1. The number of thiophene rings is 1. The highest BCUT2D eigenvalue weighted by Gasteiger charge is 2.18. The van der Waals surface area contributed by atoms with Gasteiger partial charge >= 0.3 is 0 Å². The van der Waals surface area contributed by atoms with Gasteiger partial charge in [-0.15, -0.1) is 11.3 Å². The van der Waals surface area contributed by atoms with Crippen molar-refractivity contribution in [1.29, 1.82) is 0 Å². The van der Waals surface area contributed by atoms with Crippen LogP contribution in [-0.4, -0.2) is 18.6 Å². The molecule has 0 saturated heterocycles. The van der Waals surface area contributed by atoms with Gasteiger partial charge in [-0.05, 0) is 25.0 Å². The fourth-order valence-electron chi connectivity index (χ4n) is 2.47. The molecule has 114 valence electrons. The van der Waals surface area contributed by atoms with Crippen LogP contribution in [0, 0.1) is 13.8 Å². The molecule has 0 aliphatic carbocycles. The number of nitrogens with zero attached hydrogens (tertiary/aromatic N) is 1. The lowest BCUT2D eigenvalue weighted by atomic mass is 10.1. The number of fused-ring (bicyclic) bond motifs is 1. The van der Waals surface area contributed by atoms with Crippen LogP contribution in [0.5, 0.6) is 0 Å². The van der Waals surface area contributed by atoms with E-state index in [9.17, 15) is 13.2 Å². The molecule has 0 unspecified atom stereocenters. The van der Waals surface area contributed by atoms with E-state index in [0.717, 1.165) is 27.8 Å². The second-order valence-electron chi connectivity index (χ2n) is 5.34. The van der Waals surface area contributed by atoms with Gasteiger partial charge < -0.3 is 0 Å². The van der Waals surface area contributed by atoms with E-state index in [2.05, 4.69) is 0 Å². The monoisotopic (exact) mass is 333 g/mol. The van der Waals surface area contributed by atoms with Crippen LogP contribution in [0.4, 0.5) is 0 Å². The van der Waals surface area contributed by atoms with Crippen molar-refractivity contribution < 1.29 is 8.42 Å². The van der Waals surface area contributed by atoms with Gasteiger partial charge in [0.15, 0.2) is 5.43 Å². The molecule has 4 nitrogen and oxygen atoms in total. The van der Waals surface area contributed by atoms with Crippen molar-refractivity contribution in [2.24, 2.45) is 0 Å². The lowest BCUT2D eigenvalue weighted by Gasteiger charge is -2.04. The summed E-state index contributed by atoms with van der Waals surface area (Å²) in [5, 5.41) is 0.480. The van der Waals surface area contributed by atoms with E-state index >= 15 is 0 Å². The van der Waals surface area contributed by atoms with Gasteiger partial charge in [0, 0.05) is 17.1 Å². The Kier molecular flexibility index (Phi) is 3.45. The number of hydrogen-bond acceptors (Lipinski definition) is 4. The maximum absolute atomic E-state index is 12.2. The molecule has 0 atom stereocenters. The number of hydrogen-bond donors (Lipinski definition) is 0. The molecule has 0 radical (unpaired) electrons. The van der Waals surface area contributed by atoms with Crippen molar-refractivity contribution in [3.63, 3.8) is 0 Å². The van der Waals surface area contributed by atoms with Crippen molar-refractivity contribution in [2.45, 2.75) is 13.8 Å². The second-order valence-corrected chi connectivity index (χ2v) is 8.20. The Hall–Kier alpha value is -1.92.